The lowest BCUT2D eigenvalue weighted by Gasteiger charge is -2.39. The van der Waals surface area contributed by atoms with E-state index >= 15 is 0 Å². The van der Waals surface area contributed by atoms with E-state index in [-0.39, 0.29) is 0 Å². The highest BCUT2D eigenvalue weighted by molar-refractivity contribution is 9.10. The van der Waals surface area contributed by atoms with Gasteiger partial charge in [0, 0.05) is 30.8 Å². The normalized spacial score (nSPS) is 22.6. The molecule has 0 aliphatic heterocycles. The van der Waals surface area contributed by atoms with Crippen LogP contribution in [-0.2, 0) is 4.74 Å². The highest BCUT2D eigenvalue weighted by atomic mass is 79.9. The predicted molar refractivity (Wildman–Crippen MR) is 88.2 cm³/mol. The quantitative estimate of drug-likeness (QED) is 0.797. The summed E-state index contributed by atoms with van der Waals surface area (Å²) in [6.45, 7) is 6.54. The summed E-state index contributed by atoms with van der Waals surface area (Å²) in [4.78, 5) is 0. The Hall–Kier alpha value is -0.380. The minimum atomic E-state index is 0.314. The lowest BCUT2D eigenvalue weighted by molar-refractivity contribution is 0.144. The number of halogens is 1. The van der Waals surface area contributed by atoms with Crippen LogP contribution in [0.15, 0.2) is 28.7 Å². The van der Waals surface area contributed by atoms with Gasteiger partial charge in [-0.2, -0.15) is 0 Å². The van der Waals surface area contributed by atoms with E-state index in [0.717, 1.165) is 19.6 Å². The number of nitrogens with one attached hydrogen (secondary N) is 1. The lowest BCUT2D eigenvalue weighted by Crippen LogP contribution is -2.44. The van der Waals surface area contributed by atoms with Crippen LogP contribution < -0.4 is 5.32 Å². The summed E-state index contributed by atoms with van der Waals surface area (Å²) >= 11 is 3.66. The van der Waals surface area contributed by atoms with Crippen molar-refractivity contribution in [3.63, 3.8) is 0 Å². The average Bonchev–Trinajstić information content (AvgIpc) is 2.36. The molecule has 20 heavy (non-hydrogen) atoms. The van der Waals surface area contributed by atoms with E-state index in [1.165, 1.54) is 22.9 Å². The molecule has 112 valence electrons. The van der Waals surface area contributed by atoms with E-state index in [1.54, 1.807) is 7.11 Å². The summed E-state index contributed by atoms with van der Waals surface area (Å²) < 4.78 is 6.43. The number of rotatable bonds is 7. The van der Waals surface area contributed by atoms with Crippen molar-refractivity contribution in [2.45, 2.75) is 45.1 Å². The molecule has 0 amide bonds. The maximum absolute atomic E-state index is 5.18. The van der Waals surface area contributed by atoms with Crippen LogP contribution in [0.4, 0.5) is 0 Å². The largest absolute Gasteiger partial charge is 0.385 e. The summed E-state index contributed by atoms with van der Waals surface area (Å²) in [7, 11) is 1.78. The Kier molecular flexibility index (Phi) is 5.65. The fourth-order valence-electron chi connectivity index (χ4n) is 2.73. The Labute approximate surface area is 131 Å². The van der Waals surface area contributed by atoms with E-state index in [1.807, 2.05) is 0 Å². The van der Waals surface area contributed by atoms with Crippen LogP contribution in [0.1, 0.15) is 44.6 Å². The zero-order valence-corrected chi connectivity index (χ0v) is 14.4. The molecule has 0 spiro atoms. The maximum Gasteiger partial charge on any atom is 0.0467 e. The molecule has 0 heterocycles. The number of ether oxygens (including phenoxy) is 1. The van der Waals surface area contributed by atoms with Crippen LogP contribution >= 0.6 is 15.9 Å². The highest BCUT2D eigenvalue weighted by Gasteiger charge is 2.32. The molecule has 0 atom stereocenters. The van der Waals surface area contributed by atoms with Gasteiger partial charge in [-0.1, -0.05) is 48.0 Å². The molecule has 0 bridgehead atoms. The second kappa shape index (κ2) is 7.06. The molecule has 1 fully saturated rings. The lowest BCUT2D eigenvalue weighted by atomic mass is 9.75. The maximum atomic E-state index is 5.18. The zero-order valence-electron chi connectivity index (χ0n) is 12.8. The summed E-state index contributed by atoms with van der Waals surface area (Å²) in [5.74, 6) is 0.713. The minimum Gasteiger partial charge on any atom is -0.385 e. The third kappa shape index (κ3) is 4.31. The van der Waals surface area contributed by atoms with E-state index in [2.05, 4.69) is 59.4 Å². The molecule has 1 aromatic carbocycles. The monoisotopic (exact) mass is 339 g/mol. The van der Waals surface area contributed by atoms with Gasteiger partial charge in [0.05, 0.1) is 0 Å². The van der Waals surface area contributed by atoms with Crippen LogP contribution in [0.3, 0.4) is 0 Å². The van der Waals surface area contributed by atoms with Gasteiger partial charge in [0.25, 0.3) is 0 Å². The van der Waals surface area contributed by atoms with Gasteiger partial charge >= 0.3 is 0 Å². The van der Waals surface area contributed by atoms with Crippen LogP contribution in [0.2, 0.25) is 0 Å². The molecule has 1 aliphatic rings. The smallest absolute Gasteiger partial charge is 0.0467 e. The van der Waals surface area contributed by atoms with E-state index in [0.29, 0.717) is 17.4 Å². The van der Waals surface area contributed by atoms with Crippen molar-refractivity contribution < 1.29 is 4.74 Å². The van der Waals surface area contributed by atoms with Gasteiger partial charge in [0.1, 0.15) is 0 Å². The van der Waals surface area contributed by atoms with Crippen LogP contribution in [-0.4, -0.2) is 26.3 Å². The second-order valence-corrected chi connectivity index (χ2v) is 7.53. The Morgan fingerprint density at radius 3 is 2.65 bits per heavy atom. The third-order valence-corrected chi connectivity index (χ3v) is 5.06. The molecule has 2 nitrogen and oxygen atoms in total. The van der Waals surface area contributed by atoms with E-state index in [4.69, 9.17) is 4.74 Å². The number of methoxy groups -OCH3 is 1. The van der Waals surface area contributed by atoms with Gasteiger partial charge in [-0.05, 0) is 42.2 Å². The van der Waals surface area contributed by atoms with Crippen molar-refractivity contribution in [2.24, 2.45) is 5.41 Å². The topological polar surface area (TPSA) is 21.3 Å². The summed E-state index contributed by atoms with van der Waals surface area (Å²) in [6.07, 6.45) is 3.61. The Morgan fingerprint density at radius 2 is 2.00 bits per heavy atom. The van der Waals surface area contributed by atoms with Gasteiger partial charge < -0.3 is 10.1 Å². The Morgan fingerprint density at radius 1 is 1.30 bits per heavy atom. The van der Waals surface area contributed by atoms with Crippen molar-refractivity contribution in [2.75, 3.05) is 20.3 Å². The zero-order chi connectivity index (χ0) is 14.6. The number of hydrogen-bond acceptors (Lipinski definition) is 2. The van der Waals surface area contributed by atoms with E-state index in [9.17, 15) is 0 Å². The van der Waals surface area contributed by atoms with E-state index < -0.39 is 0 Å². The van der Waals surface area contributed by atoms with Gasteiger partial charge in [-0.15, -0.1) is 0 Å². The van der Waals surface area contributed by atoms with Crippen LogP contribution in [0, 0.1) is 5.41 Å². The second-order valence-electron chi connectivity index (χ2n) is 6.67. The molecule has 3 heteroatoms. The predicted octanol–water partition coefficient (Wildman–Crippen LogP) is 4.35. The Bertz CT molecular complexity index is 427. The molecule has 0 saturated heterocycles. The highest BCUT2D eigenvalue weighted by Crippen LogP contribution is 2.40. The van der Waals surface area contributed by atoms with Gasteiger partial charge in [0.15, 0.2) is 0 Å². The molecule has 1 saturated carbocycles. The standard InChI is InChI=1S/C17H26BrNO/c1-17(2,8-9-20-3)12-19-14-10-13(11-14)15-6-4-5-7-16(15)18/h4-7,13-14,19H,8-12H2,1-3H3. The fourth-order valence-corrected chi connectivity index (χ4v) is 3.34. The molecule has 0 radical (unpaired) electrons. The summed E-state index contributed by atoms with van der Waals surface area (Å²) in [5.41, 5.74) is 1.78. The first-order chi connectivity index (χ1) is 9.52. The van der Waals surface area contributed by atoms with Crippen molar-refractivity contribution in [3.8, 4) is 0 Å². The SMILES string of the molecule is COCCC(C)(C)CNC1CC(c2ccccc2Br)C1. The molecule has 1 aromatic rings. The molecular formula is C17H26BrNO. The molecule has 2 rings (SSSR count). The van der Waals surface area contributed by atoms with Gasteiger partial charge in [0.2, 0.25) is 0 Å². The fraction of sp³-hybridized carbons (Fsp3) is 0.647. The first kappa shape index (κ1) is 16.0. The first-order valence-corrected chi connectivity index (χ1v) is 8.28. The van der Waals surface area contributed by atoms with Crippen molar-refractivity contribution in [1.82, 2.24) is 5.32 Å². The van der Waals surface area contributed by atoms with Crippen LogP contribution in [0.25, 0.3) is 0 Å². The molecule has 1 aliphatic carbocycles. The molecule has 0 aromatic heterocycles. The Balaban J connectivity index is 1.73. The van der Waals surface area contributed by atoms with Crippen LogP contribution in [0.5, 0.6) is 0 Å². The first-order valence-electron chi connectivity index (χ1n) is 7.48. The summed E-state index contributed by atoms with van der Waals surface area (Å²) in [6, 6.07) is 9.28. The number of benzene rings is 1. The number of hydrogen-bond donors (Lipinski definition) is 1. The van der Waals surface area contributed by atoms with Crippen molar-refractivity contribution in [1.29, 1.82) is 0 Å². The molecule has 0 unspecified atom stereocenters. The van der Waals surface area contributed by atoms with Crippen molar-refractivity contribution >= 4 is 15.9 Å². The molecule has 1 N–H and O–H groups in total. The average molecular weight is 340 g/mol. The minimum absolute atomic E-state index is 0.314. The third-order valence-electron chi connectivity index (χ3n) is 4.34. The van der Waals surface area contributed by atoms with Gasteiger partial charge in [-0.3, -0.25) is 0 Å². The van der Waals surface area contributed by atoms with Gasteiger partial charge in [-0.25, -0.2) is 0 Å². The molecular weight excluding hydrogens is 314 g/mol. The van der Waals surface area contributed by atoms with Crippen molar-refractivity contribution in [3.05, 3.63) is 34.3 Å². The summed E-state index contributed by atoms with van der Waals surface area (Å²) in [5, 5.41) is 3.72.